The number of hydrogen-bond acceptors (Lipinski definition) is 5. The Morgan fingerprint density at radius 2 is 2.03 bits per heavy atom. The number of nitrogens with zero attached hydrogens (tertiary/aromatic N) is 4. The molecule has 8 nitrogen and oxygen atoms in total. The third-order valence-corrected chi connectivity index (χ3v) is 8.03. The lowest BCUT2D eigenvalue weighted by molar-refractivity contribution is -0.138. The molecule has 2 heterocycles. The van der Waals surface area contributed by atoms with Crippen molar-refractivity contribution in [2.75, 3.05) is 6.26 Å². The number of halogens is 5. The molecule has 190 valence electrons. The fraction of sp³-hybridized carbons (Fsp3) is 0.571. The number of pyridine rings is 1. The summed E-state index contributed by atoms with van der Waals surface area (Å²) in [7, 11) is -3.45. The van der Waals surface area contributed by atoms with Crippen LogP contribution in [-0.2, 0) is 22.5 Å². The summed E-state index contributed by atoms with van der Waals surface area (Å²) in [4.78, 5) is 16.9. The first-order valence-corrected chi connectivity index (χ1v) is 12.9. The normalized spacial score (nSPS) is 27.5. The van der Waals surface area contributed by atoms with Crippen molar-refractivity contribution in [3.8, 4) is 0 Å². The molecule has 3 fully saturated rings. The molecule has 3 saturated carbocycles. The highest BCUT2D eigenvalue weighted by molar-refractivity contribution is 7.91. The zero-order valence-electron chi connectivity index (χ0n) is 18.5. The van der Waals surface area contributed by atoms with E-state index in [0.717, 1.165) is 29.3 Å². The van der Waals surface area contributed by atoms with Crippen LogP contribution in [0.15, 0.2) is 28.3 Å². The van der Waals surface area contributed by atoms with Crippen LogP contribution in [0.5, 0.6) is 0 Å². The fourth-order valence-electron chi connectivity index (χ4n) is 5.16. The van der Waals surface area contributed by atoms with Crippen LogP contribution in [-0.4, -0.2) is 42.0 Å². The van der Waals surface area contributed by atoms with E-state index in [-0.39, 0.29) is 29.9 Å². The highest BCUT2D eigenvalue weighted by Gasteiger charge is 2.67. The van der Waals surface area contributed by atoms with Crippen LogP contribution < -0.4 is 5.36 Å². The summed E-state index contributed by atoms with van der Waals surface area (Å²) < 4.78 is 91.4. The topological polar surface area (TPSA) is 113 Å². The molecule has 1 amide bonds. The van der Waals surface area contributed by atoms with Crippen molar-refractivity contribution in [1.29, 1.82) is 4.78 Å². The molecular weight excluding hydrogens is 497 g/mol. The van der Waals surface area contributed by atoms with E-state index in [1.165, 1.54) is 0 Å². The van der Waals surface area contributed by atoms with Gasteiger partial charge in [0.2, 0.25) is 5.92 Å². The molecular formula is C21H22F5N5O3S. The molecule has 2 aromatic rings. The van der Waals surface area contributed by atoms with Crippen LogP contribution in [0.2, 0.25) is 0 Å². The number of aromatic nitrogens is 3. The maximum absolute atomic E-state index is 14.2. The second-order valence-electron chi connectivity index (χ2n) is 9.87. The predicted octanol–water partition coefficient (Wildman–Crippen LogP) is 4.03. The predicted molar refractivity (Wildman–Crippen MR) is 110 cm³/mol. The van der Waals surface area contributed by atoms with Crippen molar-refractivity contribution in [3.63, 3.8) is 0 Å². The van der Waals surface area contributed by atoms with Crippen LogP contribution in [0.25, 0.3) is 0 Å². The Balaban J connectivity index is 1.62. The third kappa shape index (κ3) is 4.36. The van der Waals surface area contributed by atoms with Crippen molar-refractivity contribution in [3.05, 3.63) is 40.6 Å². The van der Waals surface area contributed by atoms with E-state index >= 15 is 0 Å². The minimum atomic E-state index is -4.92. The van der Waals surface area contributed by atoms with E-state index in [4.69, 9.17) is 4.78 Å². The van der Waals surface area contributed by atoms with Crippen molar-refractivity contribution >= 4 is 15.6 Å². The van der Waals surface area contributed by atoms with Crippen LogP contribution in [0.1, 0.15) is 59.8 Å². The Morgan fingerprint density at radius 1 is 1.34 bits per heavy atom. The summed E-state index contributed by atoms with van der Waals surface area (Å²) in [5, 5.41) is 13.3. The Kier molecular flexibility index (Phi) is 5.04. The Morgan fingerprint density at radius 3 is 2.57 bits per heavy atom. The maximum Gasteiger partial charge on any atom is 0.420 e. The number of carbonyl (C=O) groups excluding carboxylic acids is 1. The molecule has 3 unspecified atom stereocenters. The first-order chi connectivity index (χ1) is 16.1. The summed E-state index contributed by atoms with van der Waals surface area (Å²) >= 11 is 0. The van der Waals surface area contributed by atoms with Gasteiger partial charge in [0.1, 0.15) is 11.3 Å². The fourth-order valence-corrected chi connectivity index (χ4v) is 5.92. The molecule has 3 aliphatic rings. The lowest BCUT2D eigenvalue weighted by Crippen LogP contribution is -2.23. The molecule has 35 heavy (non-hydrogen) atoms. The SMILES string of the molecule is CS(=N)(=O)c1cc(=NC(=O)c2c(C(F)(F)F)c(C3CC3)nn2CC23CC2CC(F)(F)C3)ccn1O. The van der Waals surface area contributed by atoms with Gasteiger partial charge in [-0.05, 0) is 36.7 Å². The molecule has 2 N–H and O–H groups in total. The highest BCUT2D eigenvalue weighted by Crippen LogP contribution is 2.68. The summed E-state index contributed by atoms with van der Waals surface area (Å²) in [5.74, 6) is -5.00. The van der Waals surface area contributed by atoms with Gasteiger partial charge < -0.3 is 5.21 Å². The molecule has 2 aromatic heterocycles. The van der Waals surface area contributed by atoms with Crippen LogP contribution in [0.3, 0.4) is 0 Å². The quantitative estimate of drug-likeness (QED) is 0.459. The molecule has 5 rings (SSSR count). The standard InChI is InChI=1S/C21H22F5N5O3S/c1-35(27,34)14-6-13(4-5-31(14)33)28-18(32)17-15(21(24,25)26)16(11-2-3-11)29-30(17)10-19-7-12(19)8-20(22,23)9-19/h4-6,11-12,27,33H,2-3,7-10H2,1H3. The van der Waals surface area contributed by atoms with Gasteiger partial charge in [-0.15, -0.1) is 0 Å². The van der Waals surface area contributed by atoms with Gasteiger partial charge in [-0.25, -0.2) is 22.8 Å². The van der Waals surface area contributed by atoms with Gasteiger partial charge in [0.15, 0.2) is 5.03 Å². The first kappa shape index (κ1) is 23.9. The number of amides is 1. The van der Waals surface area contributed by atoms with Gasteiger partial charge in [-0.3, -0.25) is 9.48 Å². The maximum atomic E-state index is 14.2. The largest absolute Gasteiger partial charge is 0.428 e. The van der Waals surface area contributed by atoms with Crippen molar-refractivity contribution in [1.82, 2.24) is 14.5 Å². The zero-order chi connectivity index (χ0) is 25.6. The van der Waals surface area contributed by atoms with Crippen molar-refractivity contribution in [2.24, 2.45) is 16.3 Å². The van der Waals surface area contributed by atoms with Crippen LogP contribution in [0.4, 0.5) is 22.0 Å². The number of carbonyl (C=O) groups is 1. The highest BCUT2D eigenvalue weighted by atomic mass is 32.2. The third-order valence-electron chi connectivity index (χ3n) is 6.92. The summed E-state index contributed by atoms with van der Waals surface area (Å²) in [6.45, 7) is -0.244. The molecule has 0 radical (unpaired) electrons. The van der Waals surface area contributed by atoms with Crippen LogP contribution in [0, 0.1) is 16.1 Å². The number of rotatable bonds is 5. The Hall–Kier alpha value is -2.77. The lowest BCUT2D eigenvalue weighted by atomic mass is 10.0. The van der Waals surface area contributed by atoms with Crippen molar-refractivity contribution < 1.29 is 36.2 Å². The monoisotopic (exact) mass is 519 g/mol. The summed E-state index contributed by atoms with van der Waals surface area (Å²) in [6.07, 6.45) is -2.37. The summed E-state index contributed by atoms with van der Waals surface area (Å²) in [5.41, 5.74) is -3.21. The average Bonchev–Trinajstić information content (AvgIpc) is 3.58. The molecule has 14 heteroatoms. The molecule has 0 saturated heterocycles. The van der Waals surface area contributed by atoms with E-state index < -0.39 is 61.8 Å². The van der Waals surface area contributed by atoms with Crippen molar-refractivity contribution in [2.45, 2.75) is 61.7 Å². The smallest absolute Gasteiger partial charge is 0.420 e. The van der Waals surface area contributed by atoms with Gasteiger partial charge in [-0.1, -0.05) is 0 Å². The first-order valence-electron chi connectivity index (χ1n) is 10.9. The summed E-state index contributed by atoms with van der Waals surface area (Å²) in [6, 6.07) is 2.08. The van der Waals surface area contributed by atoms with E-state index in [2.05, 4.69) is 10.1 Å². The Labute approximate surface area is 196 Å². The van der Waals surface area contributed by atoms with Gasteiger partial charge in [0.05, 0.1) is 20.8 Å². The van der Waals surface area contributed by atoms with Gasteiger partial charge in [-0.2, -0.15) is 23.0 Å². The molecule has 0 aliphatic heterocycles. The second-order valence-corrected chi connectivity index (χ2v) is 12.0. The number of nitrogens with one attached hydrogen (secondary N) is 1. The van der Waals surface area contributed by atoms with E-state index in [1.807, 2.05) is 0 Å². The molecule has 3 aliphatic carbocycles. The number of alkyl halides is 5. The average molecular weight is 519 g/mol. The van der Waals surface area contributed by atoms with Gasteiger partial charge in [0, 0.05) is 43.8 Å². The minimum Gasteiger partial charge on any atom is -0.428 e. The minimum absolute atomic E-state index is 0.221. The molecule has 0 aromatic carbocycles. The molecule has 3 atom stereocenters. The zero-order valence-corrected chi connectivity index (χ0v) is 19.3. The number of fused-ring (bicyclic) bond motifs is 1. The van der Waals surface area contributed by atoms with E-state index in [0.29, 0.717) is 24.0 Å². The molecule has 0 bridgehead atoms. The van der Waals surface area contributed by atoms with Gasteiger partial charge in [0.25, 0.3) is 5.91 Å². The van der Waals surface area contributed by atoms with E-state index in [9.17, 15) is 36.2 Å². The molecule has 0 spiro atoms. The van der Waals surface area contributed by atoms with Crippen LogP contribution >= 0.6 is 0 Å². The van der Waals surface area contributed by atoms with E-state index in [1.54, 1.807) is 0 Å². The second kappa shape index (κ2) is 7.37. The Bertz CT molecular complexity index is 1410. The number of hydrogen-bond donors (Lipinski definition) is 2. The lowest BCUT2D eigenvalue weighted by Gasteiger charge is -2.17. The van der Waals surface area contributed by atoms with Gasteiger partial charge >= 0.3 is 6.18 Å².